The molecule has 0 unspecified atom stereocenters. The Morgan fingerprint density at radius 3 is 2.64 bits per heavy atom. The Bertz CT molecular complexity index is 624. The van der Waals surface area contributed by atoms with E-state index in [1.54, 1.807) is 6.33 Å². The van der Waals surface area contributed by atoms with Crippen molar-refractivity contribution in [1.29, 1.82) is 0 Å². The minimum absolute atomic E-state index is 0.0111. The fraction of sp³-hybridized carbons (Fsp3) is 0.438. The lowest BCUT2D eigenvalue weighted by Crippen LogP contribution is -2.40. The number of hydrogen-bond acceptors (Lipinski definition) is 4. The number of hydrogen-bond donors (Lipinski definition) is 1. The third kappa shape index (κ3) is 4.10. The van der Waals surface area contributed by atoms with Gasteiger partial charge in [-0.05, 0) is 12.5 Å². The molecule has 0 aliphatic rings. The Morgan fingerprint density at radius 1 is 1.36 bits per heavy atom. The second kappa shape index (κ2) is 6.96. The summed E-state index contributed by atoms with van der Waals surface area (Å²) in [7, 11) is 1.87. The molecular weight excluding hydrogens is 296 g/mol. The molecule has 0 aliphatic heterocycles. The quantitative estimate of drug-likeness (QED) is 0.831. The summed E-state index contributed by atoms with van der Waals surface area (Å²) >= 11 is 1.41. The molecule has 0 saturated heterocycles. The monoisotopic (exact) mass is 318 g/mol. The van der Waals surface area contributed by atoms with Crippen LogP contribution < -0.4 is 5.32 Å². The maximum absolute atomic E-state index is 12.3. The third-order valence-electron chi connectivity index (χ3n) is 3.58. The molecule has 0 fully saturated rings. The van der Waals surface area contributed by atoms with Gasteiger partial charge in [-0.3, -0.25) is 4.79 Å². The maximum Gasteiger partial charge on any atom is 0.233 e. The number of aryl methyl sites for hydroxylation is 1. The molecule has 22 heavy (non-hydrogen) atoms. The highest BCUT2D eigenvalue weighted by atomic mass is 32.2. The van der Waals surface area contributed by atoms with Crippen molar-refractivity contribution < 1.29 is 4.79 Å². The van der Waals surface area contributed by atoms with Gasteiger partial charge in [-0.1, -0.05) is 55.9 Å². The summed E-state index contributed by atoms with van der Waals surface area (Å²) in [6.07, 6.45) is 1.63. The first kappa shape index (κ1) is 16.5. The van der Waals surface area contributed by atoms with Crippen LogP contribution in [0.3, 0.4) is 0 Å². The van der Waals surface area contributed by atoms with Crippen LogP contribution in [0, 0.1) is 0 Å². The highest BCUT2D eigenvalue weighted by Gasteiger charge is 2.23. The molecule has 0 saturated carbocycles. The zero-order valence-electron chi connectivity index (χ0n) is 13.4. The standard InChI is InChI=1S/C16H22N4OS/c1-12(22-15-19-18-11-20(15)4)14(21)17-10-16(2,3)13-8-6-5-7-9-13/h5-9,11-12H,10H2,1-4H3,(H,17,21)/t12-/m0/s1. The van der Waals surface area contributed by atoms with Gasteiger partial charge in [0.1, 0.15) is 6.33 Å². The van der Waals surface area contributed by atoms with Crippen LogP contribution in [0.5, 0.6) is 0 Å². The number of aromatic nitrogens is 3. The van der Waals surface area contributed by atoms with Crippen LogP contribution in [0.1, 0.15) is 26.3 Å². The van der Waals surface area contributed by atoms with E-state index in [0.29, 0.717) is 6.54 Å². The molecule has 1 aromatic carbocycles. The third-order valence-corrected chi connectivity index (χ3v) is 4.73. The molecule has 1 amide bonds. The zero-order valence-corrected chi connectivity index (χ0v) is 14.2. The van der Waals surface area contributed by atoms with Gasteiger partial charge in [0.25, 0.3) is 0 Å². The van der Waals surface area contributed by atoms with Crippen molar-refractivity contribution in [3.05, 3.63) is 42.2 Å². The van der Waals surface area contributed by atoms with Gasteiger partial charge in [0.2, 0.25) is 5.91 Å². The maximum atomic E-state index is 12.3. The van der Waals surface area contributed by atoms with Crippen molar-refractivity contribution in [1.82, 2.24) is 20.1 Å². The van der Waals surface area contributed by atoms with Gasteiger partial charge < -0.3 is 9.88 Å². The van der Waals surface area contributed by atoms with Gasteiger partial charge in [-0.2, -0.15) is 0 Å². The van der Waals surface area contributed by atoms with Gasteiger partial charge in [0.05, 0.1) is 5.25 Å². The number of carbonyl (C=O) groups is 1. The van der Waals surface area contributed by atoms with E-state index in [0.717, 1.165) is 5.16 Å². The van der Waals surface area contributed by atoms with Crippen LogP contribution in [0.2, 0.25) is 0 Å². The summed E-state index contributed by atoms with van der Waals surface area (Å²) in [6, 6.07) is 10.2. The Kier molecular flexibility index (Phi) is 5.24. The topological polar surface area (TPSA) is 59.8 Å². The summed E-state index contributed by atoms with van der Waals surface area (Å²) in [4.78, 5) is 12.3. The number of amides is 1. The van der Waals surface area contributed by atoms with Crippen LogP contribution in [0.4, 0.5) is 0 Å². The van der Waals surface area contributed by atoms with Crippen molar-refractivity contribution in [3.63, 3.8) is 0 Å². The summed E-state index contributed by atoms with van der Waals surface area (Å²) in [5.41, 5.74) is 1.11. The van der Waals surface area contributed by atoms with Gasteiger partial charge >= 0.3 is 0 Å². The Labute approximate surface area is 135 Å². The van der Waals surface area contributed by atoms with Crippen LogP contribution in [-0.4, -0.2) is 32.5 Å². The van der Waals surface area contributed by atoms with Crippen LogP contribution in [0.15, 0.2) is 41.8 Å². The molecule has 118 valence electrons. The average Bonchev–Trinajstić information content (AvgIpc) is 2.91. The van der Waals surface area contributed by atoms with Crippen molar-refractivity contribution >= 4 is 17.7 Å². The summed E-state index contributed by atoms with van der Waals surface area (Å²) in [5.74, 6) is 0.0111. The van der Waals surface area contributed by atoms with E-state index in [2.05, 4.69) is 41.5 Å². The zero-order chi connectivity index (χ0) is 16.2. The molecule has 1 aromatic heterocycles. The second-order valence-electron chi connectivity index (χ2n) is 5.95. The largest absolute Gasteiger partial charge is 0.354 e. The molecule has 1 atom stereocenters. The number of carbonyl (C=O) groups excluding carboxylic acids is 1. The van der Waals surface area contributed by atoms with E-state index in [1.165, 1.54) is 17.3 Å². The lowest BCUT2D eigenvalue weighted by molar-refractivity contribution is -0.120. The predicted octanol–water partition coefficient (Wildman–Crippen LogP) is 2.39. The highest BCUT2D eigenvalue weighted by Crippen LogP contribution is 2.23. The van der Waals surface area contributed by atoms with Crippen molar-refractivity contribution in [3.8, 4) is 0 Å². The lowest BCUT2D eigenvalue weighted by atomic mass is 9.84. The first-order valence-electron chi connectivity index (χ1n) is 7.24. The first-order valence-corrected chi connectivity index (χ1v) is 8.12. The number of benzene rings is 1. The highest BCUT2D eigenvalue weighted by molar-refractivity contribution is 8.00. The SMILES string of the molecule is C[C@H](Sc1nncn1C)C(=O)NCC(C)(C)c1ccccc1. The lowest BCUT2D eigenvalue weighted by Gasteiger charge is -2.26. The molecule has 0 radical (unpaired) electrons. The molecule has 0 bridgehead atoms. The molecule has 5 nitrogen and oxygen atoms in total. The predicted molar refractivity (Wildman–Crippen MR) is 88.8 cm³/mol. The molecule has 1 heterocycles. The molecule has 1 N–H and O–H groups in total. The first-order chi connectivity index (χ1) is 10.4. The molecule has 2 aromatic rings. The minimum Gasteiger partial charge on any atom is -0.354 e. The smallest absolute Gasteiger partial charge is 0.233 e. The van der Waals surface area contributed by atoms with Crippen LogP contribution in [0.25, 0.3) is 0 Å². The average molecular weight is 318 g/mol. The summed E-state index contributed by atoms with van der Waals surface area (Å²) in [5, 5.41) is 11.4. The molecule has 0 aliphatic carbocycles. The van der Waals surface area contributed by atoms with E-state index in [9.17, 15) is 4.79 Å². The van der Waals surface area contributed by atoms with E-state index in [4.69, 9.17) is 0 Å². The van der Waals surface area contributed by atoms with E-state index in [1.807, 2.05) is 36.7 Å². The Balaban J connectivity index is 1.90. The van der Waals surface area contributed by atoms with Crippen molar-refractivity contribution in [2.24, 2.45) is 7.05 Å². The van der Waals surface area contributed by atoms with Crippen molar-refractivity contribution in [2.75, 3.05) is 6.54 Å². The molecular formula is C16H22N4OS. The fourth-order valence-corrected chi connectivity index (χ4v) is 2.85. The molecule has 2 rings (SSSR count). The fourth-order valence-electron chi connectivity index (χ4n) is 2.03. The molecule has 6 heteroatoms. The number of thioether (sulfide) groups is 1. The van der Waals surface area contributed by atoms with E-state index in [-0.39, 0.29) is 16.6 Å². The van der Waals surface area contributed by atoms with Gasteiger partial charge in [0, 0.05) is 19.0 Å². The van der Waals surface area contributed by atoms with Gasteiger partial charge in [0.15, 0.2) is 5.16 Å². The number of nitrogens with one attached hydrogen (secondary N) is 1. The minimum atomic E-state index is -0.213. The summed E-state index contributed by atoms with van der Waals surface area (Å²) < 4.78 is 1.81. The van der Waals surface area contributed by atoms with E-state index >= 15 is 0 Å². The van der Waals surface area contributed by atoms with Crippen LogP contribution in [-0.2, 0) is 17.3 Å². The normalized spacial score (nSPS) is 12.9. The van der Waals surface area contributed by atoms with E-state index < -0.39 is 0 Å². The summed E-state index contributed by atoms with van der Waals surface area (Å²) in [6.45, 7) is 6.73. The second-order valence-corrected chi connectivity index (χ2v) is 7.26. The van der Waals surface area contributed by atoms with Crippen molar-refractivity contribution in [2.45, 2.75) is 36.6 Å². The van der Waals surface area contributed by atoms with Gasteiger partial charge in [-0.25, -0.2) is 0 Å². The van der Waals surface area contributed by atoms with Gasteiger partial charge in [-0.15, -0.1) is 10.2 Å². The van der Waals surface area contributed by atoms with Crippen LogP contribution >= 0.6 is 11.8 Å². The Hall–Kier alpha value is -1.82. The Morgan fingerprint density at radius 2 is 2.05 bits per heavy atom. The number of rotatable bonds is 6. The number of nitrogens with zero attached hydrogens (tertiary/aromatic N) is 3. The molecule has 0 spiro atoms.